The van der Waals surface area contributed by atoms with E-state index in [1.165, 1.54) is 42.5 Å². The summed E-state index contributed by atoms with van der Waals surface area (Å²) in [7, 11) is 0. The van der Waals surface area contributed by atoms with E-state index < -0.39 is 53.0 Å². The Labute approximate surface area is 236 Å². The first-order chi connectivity index (χ1) is 20.0. The van der Waals surface area contributed by atoms with E-state index in [0.29, 0.717) is 5.56 Å². The molecule has 0 amide bonds. The topological polar surface area (TPSA) is 210 Å². The summed E-state index contributed by atoms with van der Waals surface area (Å²) in [5.41, 5.74) is 0.842. The van der Waals surface area contributed by atoms with Crippen molar-refractivity contribution in [3.63, 3.8) is 0 Å². The maximum absolute atomic E-state index is 11.9. The number of fused-ring (bicyclic) bond motifs is 8. The molecule has 4 aromatic carbocycles. The molecule has 3 aliphatic rings. The molecule has 0 spiro atoms. The van der Waals surface area contributed by atoms with Gasteiger partial charge in [0.05, 0.1) is 12.0 Å². The van der Waals surface area contributed by atoms with Crippen molar-refractivity contribution in [1.82, 2.24) is 0 Å². The van der Waals surface area contributed by atoms with E-state index in [-0.39, 0.29) is 63.2 Å². The fourth-order valence-corrected chi connectivity index (χ4v) is 6.09. The van der Waals surface area contributed by atoms with E-state index in [4.69, 9.17) is 14.2 Å². The summed E-state index contributed by atoms with van der Waals surface area (Å²) in [4.78, 5) is 0. The van der Waals surface area contributed by atoms with Crippen LogP contribution in [0.5, 0.6) is 57.5 Å². The van der Waals surface area contributed by atoms with Crippen LogP contribution in [0.1, 0.15) is 39.8 Å². The minimum Gasteiger partial charge on any atom is -0.508 e. The number of aromatic hydroxyl groups is 7. The van der Waals surface area contributed by atoms with Crippen LogP contribution in [0.2, 0.25) is 0 Å². The van der Waals surface area contributed by atoms with E-state index >= 15 is 0 Å². The molecule has 216 valence electrons. The van der Waals surface area contributed by atoms with E-state index in [0.717, 1.165) is 12.1 Å². The predicted octanol–water partition coefficient (Wildman–Crippen LogP) is 2.79. The van der Waals surface area contributed by atoms with Crippen LogP contribution < -0.4 is 14.2 Å². The molecular weight excluding hydrogens is 552 g/mol. The van der Waals surface area contributed by atoms with Gasteiger partial charge in [0.1, 0.15) is 46.7 Å². The molecule has 0 saturated carbocycles. The number of ether oxygens (including phenoxy) is 3. The monoisotopic (exact) mass is 576 g/mol. The molecule has 3 aliphatic heterocycles. The van der Waals surface area contributed by atoms with Gasteiger partial charge in [-0.05, 0) is 35.9 Å². The maximum Gasteiger partial charge on any atom is 0.305 e. The first-order valence-electron chi connectivity index (χ1n) is 12.9. The standard InChI is InChI=1S/C30H24O12/c31-13-7-20(37)24-22(8-13)41-30(12-2-4-16(33)19(36)6-12)29(39)26(24)25-23(42-30)10-17(34)14-9-21(38)27(40-28(14)25)11-1-3-15(32)18(35)5-11/h1-8,10,21,26-27,29,31-39H,9H2/t21?,26-,27-,29?,30+/m1/s1. The van der Waals surface area contributed by atoms with Gasteiger partial charge >= 0.3 is 5.79 Å². The van der Waals surface area contributed by atoms with E-state index in [1.807, 2.05) is 0 Å². The molecule has 0 fully saturated rings. The summed E-state index contributed by atoms with van der Waals surface area (Å²) in [6, 6.07) is 11.1. The minimum absolute atomic E-state index is 0.0177. The Hall–Kier alpha value is -5.20. The quantitative estimate of drug-likeness (QED) is 0.158. The zero-order chi connectivity index (χ0) is 29.7. The van der Waals surface area contributed by atoms with Gasteiger partial charge < -0.3 is 60.2 Å². The fourth-order valence-electron chi connectivity index (χ4n) is 6.09. The number of benzene rings is 4. The van der Waals surface area contributed by atoms with Crippen LogP contribution >= 0.6 is 0 Å². The number of aliphatic hydroxyl groups is 2. The summed E-state index contributed by atoms with van der Waals surface area (Å²) in [5, 5.41) is 95.1. The third kappa shape index (κ3) is 3.49. The fraction of sp³-hybridized carbons (Fsp3) is 0.200. The summed E-state index contributed by atoms with van der Waals surface area (Å²) in [6.07, 6.45) is -4.00. The second kappa shape index (κ2) is 8.65. The summed E-state index contributed by atoms with van der Waals surface area (Å²) < 4.78 is 18.6. The van der Waals surface area contributed by atoms with Gasteiger partial charge in [-0.2, -0.15) is 0 Å². The molecule has 9 N–H and O–H groups in total. The van der Waals surface area contributed by atoms with Gasteiger partial charge in [0.25, 0.3) is 0 Å². The van der Waals surface area contributed by atoms with Crippen molar-refractivity contribution in [3.05, 3.63) is 82.4 Å². The van der Waals surface area contributed by atoms with Crippen LogP contribution in [-0.2, 0) is 12.2 Å². The first kappa shape index (κ1) is 25.7. The van der Waals surface area contributed by atoms with Crippen LogP contribution in [0.15, 0.2) is 54.6 Å². The van der Waals surface area contributed by atoms with Crippen molar-refractivity contribution in [1.29, 1.82) is 0 Å². The van der Waals surface area contributed by atoms with Crippen molar-refractivity contribution in [2.45, 2.75) is 36.4 Å². The average molecular weight is 577 g/mol. The van der Waals surface area contributed by atoms with Crippen molar-refractivity contribution >= 4 is 0 Å². The van der Waals surface area contributed by atoms with Crippen molar-refractivity contribution in [3.8, 4) is 57.5 Å². The number of phenolic OH excluding ortho intramolecular Hbond substituents is 7. The Morgan fingerprint density at radius 1 is 0.643 bits per heavy atom. The Balaban J connectivity index is 1.47. The minimum atomic E-state index is -2.09. The molecule has 0 aliphatic carbocycles. The van der Waals surface area contributed by atoms with Crippen LogP contribution in [0, 0.1) is 0 Å². The summed E-state index contributed by atoms with van der Waals surface area (Å²) in [6.45, 7) is 0. The van der Waals surface area contributed by atoms with E-state index in [1.54, 1.807) is 0 Å². The molecule has 0 aromatic heterocycles. The highest BCUT2D eigenvalue weighted by Gasteiger charge is 2.60. The number of hydrogen-bond donors (Lipinski definition) is 9. The summed E-state index contributed by atoms with van der Waals surface area (Å²) >= 11 is 0. The van der Waals surface area contributed by atoms with Gasteiger partial charge in [-0.15, -0.1) is 0 Å². The van der Waals surface area contributed by atoms with Crippen molar-refractivity contribution in [2.75, 3.05) is 0 Å². The molecule has 12 nitrogen and oxygen atoms in total. The third-order valence-corrected chi connectivity index (χ3v) is 8.03. The van der Waals surface area contributed by atoms with Gasteiger partial charge in [-0.25, -0.2) is 0 Å². The Morgan fingerprint density at radius 2 is 1.31 bits per heavy atom. The number of phenols is 7. The van der Waals surface area contributed by atoms with Crippen LogP contribution in [0.25, 0.3) is 0 Å². The molecule has 0 radical (unpaired) electrons. The van der Waals surface area contributed by atoms with E-state index in [2.05, 4.69) is 0 Å². The molecule has 7 rings (SSSR count). The number of hydrogen-bond acceptors (Lipinski definition) is 12. The van der Waals surface area contributed by atoms with Gasteiger partial charge in [0, 0.05) is 46.9 Å². The van der Waals surface area contributed by atoms with Crippen LogP contribution in [0.4, 0.5) is 0 Å². The lowest BCUT2D eigenvalue weighted by molar-refractivity contribution is -0.219. The van der Waals surface area contributed by atoms with Gasteiger partial charge in [-0.1, -0.05) is 6.07 Å². The van der Waals surface area contributed by atoms with Crippen molar-refractivity contribution in [2.24, 2.45) is 0 Å². The Bertz CT molecular complexity index is 1790. The van der Waals surface area contributed by atoms with Gasteiger partial charge in [0.15, 0.2) is 23.0 Å². The molecule has 12 heteroatoms. The molecule has 42 heavy (non-hydrogen) atoms. The molecule has 4 aromatic rings. The lowest BCUT2D eigenvalue weighted by Gasteiger charge is -2.50. The summed E-state index contributed by atoms with van der Waals surface area (Å²) in [5.74, 6) is -6.11. The zero-order valence-electron chi connectivity index (χ0n) is 21.5. The largest absolute Gasteiger partial charge is 0.508 e. The predicted molar refractivity (Wildman–Crippen MR) is 141 cm³/mol. The van der Waals surface area contributed by atoms with E-state index in [9.17, 15) is 46.0 Å². The van der Waals surface area contributed by atoms with Crippen molar-refractivity contribution < 1.29 is 60.2 Å². The molecular formula is C30H24O12. The smallest absolute Gasteiger partial charge is 0.305 e. The Morgan fingerprint density at radius 3 is 2.00 bits per heavy atom. The second-order valence-electron chi connectivity index (χ2n) is 10.5. The van der Waals surface area contributed by atoms with Gasteiger partial charge in [0.2, 0.25) is 0 Å². The maximum atomic E-state index is 11.9. The second-order valence-corrected chi connectivity index (χ2v) is 10.5. The molecule has 3 heterocycles. The molecule has 2 unspecified atom stereocenters. The molecule has 2 bridgehead atoms. The highest BCUT2D eigenvalue weighted by molar-refractivity contribution is 5.68. The lowest BCUT2D eigenvalue weighted by Crippen LogP contribution is -2.57. The lowest BCUT2D eigenvalue weighted by atomic mass is 9.74. The van der Waals surface area contributed by atoms with Gasteiger partial charge in [-0.3, -0.25) is 0 Å². The first-order valence-corrected chi connectivity index (χ1v) is 12.9. The Kier molecular flexibility index (Phi) is 5.30. The zero-order valence-corrected chi connectivity index (χ0v) is 21.5. The number of rotatable bonds is 2. The molecule has 0 saturated heterocycles. The SMILES string of the molecule is Oc1cc(O)c2c(c1)O[C@@]1(c3ccc(O)c(O)c3)Oc3cc(O)c4c(c3[C@@H]2C1O)O[C@H](c1ccc(O)c(O)c1)C(O)C4. The van der Waals surface area contributed by atoms with Crippen LogP contribution in [-0.4, -0.2) is 58.2 Å². The van der Waals surface area contributed by atoms with Crippen LogP contribution in [0.3, 0.4) is 0 Å². The highest BCUT2D eigenvalue weighted by atomic mass is 16.7. The average Bonchev–Trinajstić information content (AvgIpc) is 2.92. The third-order valence-electron chi connectivity index (χ3n) is 8.03. The normalized spacial score (nSPS) is 25.2. The highest BCUT2D eigenvalue weighted by Crippen LogP contribution is 2.62. The number of aliphatic hydroxyl groups excluding tert-OH is 2. The molecule has 5 atom stereocenters.